The van der Waals surface area contributed by atoms with Crippen molar-refractivity contribution in [1.29, 1.82) is 0 Å². The first-order chi connectivity index (χ1) is 10.8. The fourth-order valence-corrected chi connectivity index (χ4v) is 2.51. The van der Waals surface area contributed by atoms with Crippen molar-refractivity contribution in [2.75, 3.05) is 38.8 Å². The maximum absolute atomic E-state index is 10.9. The minimum absolute atomic E-state index is 0.0229. The molecule has 0 unspecified atom stereocenters. The number of rotatable bonds is 8. The average Bonchev–Trinajstić information content (AvgIpc) is 2.46. The topological polar surface area (TPSA) is 79.8 Å². The summed E-state index contributed by atoms with van der Waals surface area (Å²) in [6.07, 6.45) is 1.18. The predicted molar refractivity (Wildman–Crippen MR) is 95.2 cm³/mol. The van der Waals surface area contributed by atoms with E-state index >= 15 is 0 Å². The highest BCUT2D eigenvalue weighted by molar-refractivity contribution is 7.90. The molecule has 0 radical (unpaired) electrons. The van der Waals surface area contributed by atoms with Gasteiger partial charge in [-0.05, 0) is 17.7 Å². The Bertz CT molecular complexity index is 636. The zero-order valence-electron chi connectivity index (χ0n) is 13.1. The monoisotopic (exact) mass is 381 g/mol. The van der Waals surface area contributed by atoms with Gasteiger partial charge in [-0.1, -0.05) is 29.3 Å². The number of nitrogens with zero attached hydrogens (tertiary/aromatic N) is 1. The second-order valence-corrected chi connectivity index (χ2v) is 7.93. The number of sulfone groups is 1. The van der Waals surface area contributed by atoms with Crippen molar-refractivity contribution in [3.63, 3.8) is 0 Å². The lowest BCUT2D eigenvalue weighted by molar-refractivity contribution is 0.154. The molecule has 0 aliphatic carbocycles. The Morgan fingerprint density at radius 2 is 2.00 bits per heavy atom. The number of nitrogens with one attached hydrogen (secondary N) is 2. The highest BCUT2D eigenvalue weighted by atomic mass is 35.5. The molecule has 6 nitrogen and oxygen atoms in total. The molecule has 0 heterocycles. The van der Waals surface area contributed by atoms with Gasteiger partial charge in [0.2, 0.25) is 0 Å². The zero-order chi connectivity index (χ0) is 17.3. The van der Waals surface area contributed by atoms with Crippen molar-refractivity contribution < 1.29 is 13.2 Å². The van der Waals surface area contributed by atoms with Gasteiger partial charge in [-0.15, -0.1) is 0 Å². The average molecular weight is 382 g/mol. The summed E-state index contributed by atoms with van der Waals surface area (Å²) in [6, 6.07) is 5.31. The molecule has 130 valence electrons. The molecule has 0 bridgehead atoms. The van der Waals surface area contributed by atoms with E-state index in [1.54, 1.807) is 19.2 Å². The number of guanidine groups is 1. The van der Waals surface area contributed by atoms with Crippen LogP contribution in [0.25, 0.3) is 0 Å². The van der Waals surface area contributed by atoms with Crippen molar-refractivity contribution >= 4 is 39.0 Å². The van der Waals surface area contributed by atoms with Crippen molar-refractivity contribution in [2.24, 2.45) is 4.99 Å². The normalized spacial score (nSPS) is 12.3. The van der Waals surface area contributed by atoms with Crippen LogP contribution in [0.1, 0.15) is 5.56 Å². The fourth-order valence-electron chi connectivity index (χ4n) is 1.62. The van der Waals surface area contributed by atoms with E-state index in [2.05, 4.69) is 15.6 Å². The molecule has 23 heavy (non-hydrogen) atoms. The molecular weight excluding hydrogens is 361 g/mol. The Balaban J connectivity index is 2.27. The van der Waals surface area contributed by atoms with Gasteiger partial charge in [0, 0.05) is 36.4 Å². The van der Waals surface area contributed by atoms with E-state index in [-0.39, 0.29) is 12.4 Å². The Morgan fingerprint density at radius 1 is 1.26 bits per heavy atom. The Kier molecular flexibility index (Phi) is 8.68. The smallest absolute Gasteiger partial charge is 0.191 e. The number of hydrogen-bond acceptors (Lipinski definition) is 4. The molecular formula is C14H21Cl2N3O3S. The minimum Gasteiger partial charge on any atom is -0.379 e. The molecule has 0 atom stereocenters. The molecule has 0 aromatic heterocycles. The van der Waals surface area contributed by atoms with Gasteiger partial charge >= 0.3 is 0 Å². The first-order valence-corrected chi connectivity index (χ1v) is 9.77. The van der Waals surface area contributed by atoms with Crippen LogP contribution in [0.3, 0.4) is 0 Å². The second kappa shape index (κ2) is 9.97. The zero-order valence-corrected chi connectivity index (χ0v) is 15.4. The maximum Gasteiger partial charge on any atom is 0.191 e. The molecule has 0 amide bonds. The van der Waals surface area contributed by atoms with Crippen LogP contribution in [0.5, 0.6) is 0 Å². The SMILES string of the molecule is CN=C(NCCOCCS(C)(=O)=O)NCc1ccc(Cl)cc1Cl. The molecule has 2 N–H and O–H groups in total. The summed E-state index contributed by atoms with van der Waals surface area (Å²) in [7, 11) is -1.33. The van der Waals surface area contributed by atoms with Gasteiger partial charge in [0.25, 0.3) is 0 Å². The van der Waals surface area contributed by atoms with E-state index in [4.69, 9.17) is 27.9 Å². The minimum atomic E-state index is -2.98. The summed E-state index contributed by atoms with van der Waals surface area (Å²) in [5.74, 6) is 0.623. The van der Waals surface area contributed by atoms with Gasteiger partial charge in [0.1, 0.15) is 9.84 Å². The number of halogens is 2. The van der Waals surface area contributed by atoms with Crippen molar-refractivity contribution in [3.05, 3.63) is 33.8 Å². The van der Waals surface area contributed by atoms with Crippen LogP contribution in [-0.2, 0) is 21.1 Å². The first kappa shape index (κ1) is 20.0. The van der Waals surface area contributed by atoms with E-state index in [1.807, 2.05) is 6.07 Å². The van der Waals surface area contributed by atoms with Gasteiger partial charge in [0.05, 0.1) is 19.0 Å². The summed E-state index contributed by atoms with van der Waals surface area (Å²) < 4.78 is 27.1. The first-order valence-electron chi connectivity index (χ1n) is 6.96. The Morgan fingerprint density at radius 3 is 2.61 bits per heavy atom. The standard InChI is InChI=1S/C14H21Cl2N3O3S/c1-17-14(18-5-6-22-7-8-23(2,20)21)19-10-11-3-4-12(15)9-13(11)16/h3-4,9H,5-8,10H2,1-2H3,(H2,17,18,19). The predicted octanol–water partition coefficient (Wildman–Crippen LogP) is 1.72. The van der Waals surface area contributed by atoms with E-state index in [9.17, 15) is 8.42 Å². The van der Waals surface area contributed by atoms with Crippen molar-refractivity contribution in [2.45, 2.75) is 6.54 Å². The third-order valence-electron chi connectivity index (χ3n) is 2.82. The number of benzene rings is 1. The Hall–Kier alpha value is -1.02. The third kappa shape index (κ3) is 9.00. The summed E-state index contributed by atoms with van der Waals surface area (Å²) in [5.41, 5.74) is 0.906. The third-order valence-corrected chi connectivity index (χ3v) is 4.32. The lowest BCUT2D eigenvalue weighted by atomic mass is 10.2. The lowest BCUT2D eigenvalue weighted by Gasteiger charge is -2.13. The highest BCUT2D eigenvalue weighted by Crippen LogP contribution is 2.20. The van der Waals surface area contributed by atoms with E-state index in [0.717, 1.165) is 5.56 Å². The molecule has 0 saturated carbocycles. The van der Waals surface area contributed by atoms with E-state index in [0.29, 0.717) is 35.7 Å². The quantitative estimate of drug-likeness (QED) is 0.407. The molecule has 0 spiro atoms. The van der Waals surface area contributed by atoms with Crippen LogP contribution in [0.2, 0.25) is 10.0 Å². The molecule has 0 fully saturated rings. The largest absolute Gasteiger partial charge is 0.379 e. The van der Waals surface area contributed by atoms with Gasteiger partial charge in [-0.25, -0.2) is 8.42 Å². The molecule has 0 aliphatic rings. The molecule has 1 aromatic carbocycles. The molecule has 1 aromatic rings. The maximum atomic E-state index is 10.9. The summed E-state index contributed by atoms with van der Waals surface area (Å²) >= 11 is 12.0. The second-order valence-electron chi connectivity index (χ2n) is 4.83. The van der Waals surface area contributed by atoms with Crippen LogP contribution >= 0.6 is 23.2 Å². The van der Waals surface area contributed by atoms with Crippen LogP contribution in [-0.4, -0.2) is 53.2 Å². The summed E-state index contributed by atoms with van der Waals surface area (Å²) in [5, 5.41) is 7.36. The molecule has 9 heteroatoms. The number of ether oxygens (including phenoxy) is 1. The van der Waals surface area contributed by atoms with Crippen LogP contribution in [0, 0.1) is 0 Å². The van der Waals surface area contributed by atoms with Gasteiger partial charge in [-0.2, -0.15) is 0 Å². The van der Waals surface area contributed by atoms with Gasteiger partial charge in [-0.3, -0.25) is 4.99 Å². The van der Waals surface area contributed by atoms with Crippen LogP contribution in [0.15, 0.2) is 23.2 Å². The fraction of sp³-hybridized carbons (Fsp3) is 0.500. The number of hydrogen-bond donors (Lipinski definition) is 2. The van der Waals surface area contributed by atoms with Gasteiger partial charge < -0.3 is 15.4 Å². The van der Waals surface area contributed by atoms with Crippen molar-refractivity contribution in [3.8, 4) is 0 Å². The summed E-state index contributed by atoms with van der Waals surface area (Å²) in [4.78, 5) is 4.08. The highest BCUT2D eigenvalue weighted by Gasteiger charge is 2.04. The number of aliphatic imine (C=N–C) groups is 1. The van der Waals surface area contributed by atoms with Gasteiger partial charge in [0.15, 0.2) is 5.96 Å². The summed E-state index contributed by atoms with van der Waals surface area (Å²) in [6.45, 7) is 1.59. The van der Waals surface area contributed by atoms with E-state index < -0.39 is 9.84 Å². The molecule has 0 saturated heterocycles. The van der Waals surface area contributed by atoms with Crippen LogP contribution < -0.4 is 10.6 Å². The molecule has 0 aliphatic heterocycles. The Labute approximate surface area is 147 Å². The molecule has 1 rings (SSSR count). The lowest BCUT2D eigenvalue weighted by Crippen LogP contribution is -2.38. The van der Waals surface area contributed by atoms with Crippen molar-refractivity contribution in [1.82, 2.24) is 10.6 Å². The van der Waals surface area contributed by atoms with Crippen LogP contribution in [0.4, 0.5) is 0 Å². The van der Waals surface area contributed by atoms with E-state index in [1.165, 1.54) is 6.26 Å².